The average molecular weight is 347 g/mol. The van der Waals surface area contributed by atoms with Gasteiger partial charge in [-0.3, -0.25) is 4.79 Å². The van der Waals surface area contributed by atoms with Crippen LogP contribution in [0.25, 0.3) is 10.9 Å². The molecule has 2 saturated heterocycles. The van der Waals surface area contributed by atoms with Gasteiger partial charge in [0, 0.05) is 36.9 Å². The van der Waals surface area contributed by atoms with Gasteiger partial charge in [0.05, 0.1) is 30.4 Å². The van der Waals surface area contributed by atoms with E-state index < -0.39 is 0 Å². The highest BCUT2D eigenvalue weighted by Crippen LogP contribution is 2.41. The van der Waals surface area contributed by atoms with Crippen molar-refractivity contribution in [3.8, 4) is 0 Å². The molecule has 0 radical (unpaired) electrons. The van der Waals surface area contributed by atoms with E-state index in [4.69, 9.17) is 21.1 Å². The Kier molecular flexibility index (Phi) is 3.95. The zero-order valence-electron chi connectivity index (χ0n) is 13.5. The summed E-state index contributed by atoms with van der Waals surface area (Å²) >= 11 is 6.21. The van der Waals surface area contributed by atoms with E-state index in [2.05, 4.69) is 4.98 Å². The Morgan fingerprint density at radius 2 is 2.33 bits per heavy atom. The third-order valence-electron chi connectivity index (χ3n) is 5.13. The lowest BCUT2D eigenvalue weighted by atomic mass is 9.82. The van der Waals surface area contributed by atoms with Crippen molar-refractivity contribution < 1.29 is 14.3 Å². The van der Waals surface area contributed by atoms with E-state index in [0.717, 1.165) is 5.39 Å². The van der Waals surface area contributed by atoms with Crippen LogP contribution in [0.5, 0.6) is 0 Å². The number of benzene rings is 1. The van der Waals surface area contributed by atoms with Gasteiger partial charge < -0.3 is 14.4 Å². The molecule has 2 atom stereocenters. The number of para-hydroxylation sites is 1. The monoisotopic (exact) mass is 346 g/mol. The van der Waals surface area contributed by atoms with Crippen LogP contribution >= 0.6 is 11.6 Å². The lowest BCUT2D eigenvalue weighted by Gasteiger charge is -2.25. The van der Waals surface area contributed by atoms with Gasteiger partial charge >= 0.3 is 0 Å². The highest BCUT2D eigenvalue weighted by molar-refractivity contribution is 6.35. The summed E-state index contributed by atoms with van der Waals surface area (Å²) in [6.45, 7) is 3.27. The zero-order chi connectivity index (χ0) is 16.7. The van der Waals surface area contributed by atoms with Crippen LogP contribution in [0.2, 0.25) is 5.02 Å². The SMILES string of the molecule is COC[C@@]12COC[C@@H]1CN(C(=O)c1ccc3cccc(Cl)c3n1)C2. The Labute approximate surface area is 145 Å². The van der Waals surface area contributed by atoms with Crippen LogP contribution in [0.1, 0.15) is 10.5 Å². The fourth-order valence-corrected chi connectivity index (χ4v) is 4.09. The summed E-state index contributed by atoms with van der Waals surface area (Å²) in [4.78, 5) is 19.3. The number of amides is 1. The Morgan fingerprint density at radius 3 is 3.17 bits per heavy atom. The number of hydrogen-bond donors (Lipinski definition) is 0. The number of halogens is 1. The summed E-state index contributed by atoms with van der Waals surface area (Å²) in [7, 11) is 1.70. The lowest BCUT2D eigenvalue weighted by molar-refractivity contribution is 0.0487. The largest absolute Gasteiger partial charge is 0.384 e. The summed E-state index contributed by atoms with van der Waals surface area (Å²) < 4.78 is 11.0. The minimum Gasteiger partial charge on any atom is -0.384 e. The van der Waals surface area contributed by atoms with Gasteiger partial charge in [-0.05, 0) is 12.1 Å². The lowest BCUT2D eigenvalue weighted by Crippen LogP contribution is -2.37. The number of rotatable bonds is 3. The Hall–Kier alpha value is -1.69. The normalized spacial score (nSPS) is 26.1. The number of aromatic nitrogens is 1. The number of likely N-dealkylation sites (tertiary alicyclic amines) is 1. The maximum absolute atomic E-state index is 12.9. The van der Waals surface area contributed by atoms with Gasteiger partial charge in [-0.15, -0.1) is 0 Å². The Balaban J connectivity index is 1.62. The number of ether oxygens (including phenoxy) is 2. The fraction of sp³-hybridized carbons (Fsp3) is 0.444. The first-order valence-electron chi connectivity index (χ1n) is 8.04. The maximum Gasteiger partial charge on any atom is 0.272 e. The van der Waals surface area contributed by atoms with Crippen molar-refractivity contribution >= 4 is 28.4 Å². The number of hydrogen-bond acceptors (Lipinski definition) is 4. The minimum absolute atomic E-state index is 0.0540. The first kappa shape index (κ1) is 15.8. The predicted molar refractivity (Wildman–Crippen MR) is 91.3 cm³/mol. The van der Waals surface area contributed by atoms with Crippen LogP contribution < -0.4 is 0 Å². The van der Waals surface area contributed by atoms with Crippen molar-refractivity contribution in [2.45, 2.75) is 0 Å². The molecule has 1 aromatic carbocycles. The molecule has 3 heterocycles. The smallest absolute Gasteiger partial charge is 0.272 e. The van der Waals surface area contributed by atoms with Crippen LogP contribution in [0.4, 0.5) is 0 Å². The van der Waals surface area contributed by atoms with E-state index in [-0.39, 0.29) is 11.3 Å². The Bertz CT molecular complexity index is 797. The molecular formula is C18H19ClN2O3. The van der Waals surface area contributed by atoms with Gasteiger partial charge in [-0.1, -0.05) is 29.8 Å². The third kappa shape index (κ3) is 2.48. The van der Waals surface area contributed by atoms with Gasteiger partial charge in [0.2, 0.25) is 0 Å². The van der Waals surface area contributed by atoms with E-state index in [1.807, 2.05) is 23.1 Å². The maximum atomic E-state index is 12.9. The first-order valence-corrected chi connectivity index (χ1v) is 8.42. The number of pyridine rings is 1. The molecule has 0 aliphatic carbocycles. The first-order chi connectivity index (χ1) is 11.6. The molecule has 0 saturated carbocycles. The third-order valence-corrected chi connectivity index (χ3v) is 5.44. The standard InChI is InChI=1S/C18H19ClN2O3/c1-23-10-18-9-21(7-13(18)8-24-11-18)17(22)15-6-5-12-3-2-4-14(19)16(12)20-15/h2-6,13H,7-11H2,1H3/t13-,18-/m0/s1. The van der Waals surface area contributed by atoms with Crippen LogP contribution in [-0.4, -0.2) is 55.8 Å². The van der Waals surface area contributed by atoms with Gasteiger partial charge in [-0.25, -0.2) is 4.98 Å². The second-order valence-corrected chi connectivity index (χ2v) is 7.11. The van der Waals surface area contributed by atoms with Crippen LogP contribution in [0.15, 0.2) is 30.3 Å². The summed E-state index contributed by atoms with van der Waals surface area (Å²) in [5, 5.41) is 1.49. The van der Waals surface area contributed by atoms with Gasteiger partial charge in [-0.2, -0.15) is 0 Å². The molecule has 5 nitrogen and oxygen atoms in total. The van der Waals surface area contributed by atoms with Crippen molar-refractivity contribution in [1.29, 1.82) is 0 Å². The molecule has 1 aromatic heterocycles. The number of carbonyl (C=O) groups excluding carboxylic acids is 1. The minimum atomic E-state index is -0.0844. The van der Waals surface area contributed by atoms with E-state index in [0.29, 0.717) is 55.1 Å². The van der Waals surface area contributed by atoms with Crippen molar-refractivity contribution in [2.24, 2.45) is 11.3 Å². The summed E-state index contributed by atoms with van der Waals surface area (Å²) in [5.74, 6) is 0.271. The molecule has 0 bridgehead atoms. The predicted octanol–water partition coefficient (Wildman–Crippen LogP) is 2.62. The molecule has 2 aromatic rings. The topological polar surface area (TPSA) is 51.7 Å². The van der Waals surface area contributed by atoms with E-state index in [9.17, 15) is 4.79 Å². The molecule has 24 heavy (non-hydrogen) atoms. The number of methoxy groups -OCH3 is 1. The molecule has 2 aliphatic heterocycles. The number of nitrogens with zero attached hydrogens (tertiary/aromatic N) is 2. The van der Waals surface area contributed by atoms with Crippen molar-refractivity contribution in [3.63, 3.8) is 0 Å². The van der Waals surface area contributed by atoms with Crippen LogP contribution in [-0.2, 0) is 9.47 Å². The highest BCUT2D eigenvalue weighted by Gasteiger charge is 2.52. The molecule has 2 fully saturated rings. The molecule has 6 heteroatoms. The summed E-state index contributed by atoms with van der Waals surface area (Å²) in [5.41, 5.74) is 1.02. The summed E-state index contributed by atoms with van der Waals surface area (Å²) in [6, 6.07) is 9.27. The van der Waals surface area contributed by atoms with Gasteiger partial charge in [0.25, 0.3) is 5.91 Å². The molecule has 0 N–H and O–H groups in total. The molecular weight excluding hydrogens is 328 g/mol. The van der Waals surface area contributed by atoms with Gasteiger partial charge in [0.15, 0.2) is 0 Å². The second kappa shape index (κ2) is 5.99. The highest BCUT2D eigenvalue weighted by atomic mass is 35.5. The van der Waals surface area contributed by atoms with E-state index in [1.165, 1.54) is 0 Å². The number of fused-ring (bicyclic) bond motifs is 2. The average Bonchev–Trinajstić information content (AvgIpc) is 3.11. The molecule has 126 valence electrons. The van der Waals surface area contributed by atoms with Crippen molar-refractivity contribution in [3.05, 3.63) is 41.0 Å². The van der Waals surface area contributed by atoms with E-state index in [1.54, 1.807) is 19.2 Å². The van der Waals surface area contributed by atoms with Gasteiger partial charge in [0.1, 0.15) is 5.69 Å². The summed E-state index contributed by atoms with van der Waals surface area (Å²) in [6.07, 6.45) is 0. The molecule has 2 aliphatic rings. The molecule has 4 rings (SSSR count). The quantitative estimate of drug-likeness (QED) is 0.857. The van der Waals surface area contributed by atoms with E-state index >= 15 is 0 Å². The van der Waals surface area contributed by atoms with Crippen molar-refractivity contribution in [1.82, 2.24) is 9.88 Å². The molecule has 0 unspecified atom stereocenters. The fourth-order valence-electron chi connectivity index (χ4n) is 3.87. The second-order valence-electron chi connectivity index (χ2n) is 6.70. The van der Waals surface area contributed by atoms with Crippen molar-refractivity contribution in [2.75, 3.05) is 40.0 Å². The molecule has 0 spiro atoms. The number of carbonyl (C=O) groups is 1. The molecule has 1 amide bonds. The zero-order valence-corrected chi connectivity index (χ0v) is 14.3. The van der Waals surface area contributed by atoms with Crippen LogP contribution in [0.3, 0.4) is 0 Å². The Morgan fingerprint density at radius 1 is 1.46 bits per heavy atom. The van der Waals surface area contributed by atoms with Crippen LogP contribution in [0, 0.1) is 11.3 Å².